The smallest absolute Gasteiger partial charge is 0.407 e. The van der Waals surface area contributed by atoms with Gasteiger partial charge in [-0.3, -0.25) is 14.2 Å². The zero-order valence-corrected chi connectivity index (χ0v) is 40.8. The Bertz CT molecular complexity index is 3110. The van der Waals surface area contributed by atoms with Gasteiger partial charge in [-0.05, 0) is 98.2 Å². The summed E-state index contributed by atoms with van der Waals surface area (Å²) in [4.78, 5) is 76.0. The normalized spacial score (nSPS) is 24.6. The van der Waals surface area contributed by atoms with Crippen molar-refractivity contribution in [1.29, 1.82) is 0 Å². The lowest BCUT2D eigenvalue weighted by molar-refractivity contribution is -0.137. The third kappa shape index (κ3) is 7.46. The van der Waals surface area contributed by atoms with Crippen molar-refractivity contribution in [2.24, 2.45) is 23.7 Å². The first-order chi connectivity index (χ1) is 33.9. The molecule has 16 nitrogen and oxygen atoms in total. The highest BCUT2D eigenvalue weighted by molar-refractivity contribution is 7.12. The number of likely N-dealkylation sites (tertiary alicyclic amines) is 2. The van der Waals surface area contributed by atoms with Crippen LogP contribution in [0.1, 0.15) is 105 Å². The van der Waals surface area contributed by atoms with Crippen LogP contribution in [-0.4, -0.2) is 96.7 Å². The second kappa shape index (κ2) is 16.9. The first kappa shape index (κ1) is 44.3. The maximum Gasteiger partial charge on any atom is 0.407 e. The van der Waals surface area contributed by atoms with Crippen molar-refractivity contribution in [3.05, 3.63) is 101 Å². The van der Waals surface area contributed by atoms with Gasteiger partial charge in [0.05, 0.1) is 72.2 Å². The van der Waals surface area contributed by atoms with Crippen LogP contribution in [0.15, 0.2) is 79.1 Å². The highest BCUT2D eigenvalue weighted by Crippen LogP contribution is 2.54. The maximum atomic E-state index is 14.2. The highest BCUT2D eigenvalue weighted by atomic mass is 32.1. The van der Waals surface area contributed by atoms with Crippen LogP contribution in [0.3, 0.4) is 0 Å². The fraction of sp³-hybridized carbons (Fsp3) is 0.434. The fourth-order valence-corrected chi connectivity index (χ4v) is 12.6. The average Bonchev–Trinajstić information content (AvgIpc) is 3.83. The van der Waals surface area contributed by atoms with Gasteiger partial charge < -0.3 is 44.6 Å². The topological polar surface area (TPSA) is 189 Å². The number of rotatable bonds is 12. The molecule has 2 saturated carbocycles. The van der Waals surface area contributed by atoms with E-state index in [4.69, 9.17) is 24.2 Å². The Morgan fingerprint density at radius 3 is 2.00 bits per heavy atom. The van der Waals surface area contributed by atoms with Crippen molar-refractivity contribution in [2.45, 2.75) is 108 Å². The molecular formula is C53H57N9O7S. The molecule has 6 aliphatic rings. The summed E-state index contributed by atoms with van der Waals surface area (Å²) >= 11 is 1.82. The van der Waals surface area contributed by atoms with Crippen LogP contribution < -0.4 is 15.4 Å². The van der Waals surface area contributed by atoms with Gasteiger partial charge in [0.2, 0.25) is 18.0 Å². The molecule has 3 aliphatic carbocycles. The summed E-state index contributed by atoms with van der Waals surface area (Å²) in [5.41, 5.74) is 6.62. The summed E-state index contributed by atoms with van der Waals surface area (Å²) in [5, 5.41) is 6.58. The quantitative estimate of drug-likeness (QED) is 0.0867. The van der Waals surface area contributed by atoms with E-state index in [1.165, 1.54) is 31.9 Å². The van der Waals surface area contributed by atoms with E-state index in [0.29, 0.717) is 17.7 Å². The number of hydrogen-bond acceptors (Lipinski definition) is 10. The lowest BCUT2D eigenvalue weighted by Crippen LogP contribution is -2.53. The molecule has 4 amide bonds. The molecule has 6 aromatic rings. The van der Waals surface area contributed by atoms with Crippen LogP contribution in [0.5, 0.6) is 5.75 Å². The van der Waals surface area contributed by atoms with Gasteiger partial charge in [-0.25, -0.2) is 19.6 Å². The molecular weight excluding hydrogens is 907 g/mol. The number of aromatic amines is 2. The monoisotopic (exact) mass is 963 g/mol. The second-order valence-corrected chi connectivity index (χ2v) is 21.7. The molecule has 7 heterocycles. The van der Waals surface area contributed by atoms with E-state index in [2.05, 4.69) is 91.9 Å². The van der Waals surface area contributed by atoms with E-state index in [0.717, 1.165) is 80.4 Å². The van der Waals surface area contributed by atoms with Gasteiger partial charge in [0.15, 0.2) is 0 Å². The van der Waals surface area contributed by atoms with E-state index in [1.54, 1.807) is 0 Å². The Kier molecular flexibility index (Phi) is 10.7. The number of aromatic nitrogens is 5. The molecule has 1 unspecified atom stereocenters. The molecule has 362 valence electrons. The maximum absolute atomic E-state index is 14.2. The summed E-state index contributed by atoms with van der Waals surface area (Å²) in [6.45, 7) is 7.69. The van der Waals surface area contributed by atoms with Crippen LogP contribution in [0.2, 0.25) is 0 Å². The van der Waals surface area contributed by atoms with Crippen molar-refractivity contribution in [3.63, 3.8) is 0 Å². The van der Waals surface area contributed by atoms with E-state index >= 15 is 0 Å². The van der Waals surface area contributed by atoms with Gasteiger partial charge in [0.25, 0.3) is 0 Å². The largest absolute Gasteiger partial charge is 0.464 e. The molecule has 4 fully saturated rings. The third-order valence-electron chi connectivity index (χ3n) is 15.4. The van der Waals surface area contributed by atoms with E-state index < -0.39 is 30.5 Å². The Morgan fingerprint density at radius 1 is 0.743 bits per heavy atom. The number of fused-ring (bicyclic) bond motifs is 7. The number of carbonyl (C=O) groups excluding carboxylic acids is 4. The Morgan fingerprint density at radius 2 is 1.37 bits per heavy atom. The van der Waals surface area contributed by atoms with E-state index in [-0.39, 0.29) is 53.7 Å². The van der Waals surface area contributed by atoms with Crippen LogP contribution >= 0.6 is 11.3 Å². The number of alkyl carbamates (subject to hydrolysis) is 2. The molecule has 3 aliphatic heterocycles. The summed E-state index contributed by atoms with van der Waals surface area (Å²) in [7, 11) is 2.61. The number of ether oxygens (including phenoxy) is 3. The Labute approximate surface area is 409 Å². The molecule has 4 N–H and O–H groups in total. The van der Waals surface area contributed by atoms with Crippen molar-refractivity contribution < 1.29 is 33.4 Å². The zero-order valence-electron chi connectivity index (χ0n) is 40.0. The van der Waals surface area contributed by atoms with E-state index in [1.807, 2.05) is 61.2 Å². The van der Waals surface area contributed by atoms with Gasteiger partial charge >= 0.3 is 12.2 Å². The number of nitrogens with one attached hydrogen (secondary N) is 4. The van der Waals surface area contributed by atoms with Crippen molar-refractivity contribution in [1.82, 2.24) is 44.9 Å². The first-order valence-corrected chi connectivity index (χ1v) is 25.4. The number of thiophene rings is 1. The number of nitrogens with zero attached hydrogens (tertiary/aromatic N) is 5. The Hall–Kier alpha value is -6.88. The van der Waals surface area contributed by atoms with Gasteiger partial charge in [-0.1, -0.05) is 52.0 Å². The number of amides is 4. The van der Waals surface area contributed by atoms with Crippen LogP contribution in [0.4, 0.5) is 9.59 Å². The predicted octanol–water partition coefficient (Wildman–Crippen LogP) is 9.22. The molecule has 0 spiro atoms. The molecule has 0 bridgehead atoms. The van der Waals surface area contributed by atoms with E-state index in [9.17, 15) is 19.2 Å². The molecule has 70 heavy (non-hydrogen) atoms. The average molecular weight is 964 g/mol. The zero-order chi connectivity index (χ0) is 48.3. The highest BCUT2D eigenvalue weighted by Gasteiger charge is 2.56. The van der Waals surface area contributed by atoms with Gasteiger partial charge in [-0.2, -0.15) is 0 Å². The molecule has 12 rings (SSSR count). The number of piperidine rings is 1. The lowest BCUT2D eigenvalue weighted by atomic mass is 9.89. The molecule has 4 aromatic heterocycles. The molecule has 2 saturated heterocycles. The predicted molar refractivity (Wildman–Crippen MR) is 263 cm³/mol. The number of carbonyl (C=O) groups is 4. The summed E-state index contributed by atoms with van der Waals surface area (Å²) < 4.78 is 19.1. The Balaban J connectivity index is 0.851. The van der Waals surface area contributed by atoms with Gasteiger partial charge in [0.1, 0.15) is 29.5 Å². The molecule has 2 aromatic carbocycles. The lowest BCUT2D eigenvalue weighted by Gasteiger charge is -2.35. The molecule has 0 radical (unpaired) electrons. The van der Waals surface area contributed by atoms with Gasteiger partial charge in [0, 0.05) is 38.9 Å². The van der Waals surface area contributed by atoms with Crippen molar-refractivity contribution in [3.8, 4) is 39.5 Å². The summed E-state index contributed by atoms with van der Waals surface area (Å²) in [6, 6.07) is 17.6. The number of benzene rings is 2. The summed E-state index contributed by atoms with van der Waals surface area (Å²) in [6.07, 6.45) is 11.2. The van der Waals surface area contributed by atoms with Crippen molar-refractivity contribution >= 4 is 46.2 Å². The van der Waals surface area contributed by atoms with Crippen LogP contribution in [-0.2, 0) is 19.1 Å². The number of hydrogen-bond donors (Lipinski definition) is 4. The number of imidazole rings is 2. The van der Waals surface area contributed by atoms with Gasteiger partial charge in [-0.15, -0.1) is 11.3 Å². The minimum absolute atomic E-state index is 0.0574. The first-order valence-electron chi connectivity index (χ1n) is 24.5. The minimum atomic E-state index is -0.738. The van der Waals surface area contributed by atoms with Crippen LogP contribution in [0, 0.1) is 23.7 Å². The SMILES string of the molecule is COC(=O)N[C@H](C(=O)N1[C@@H]2C=C[C@@H]2C[C@H]1c1ncc(-c2ccc3c(c2)cc2n3C(c3ccc(C4CC4)s3)Oc3cc(-c4cnc([C@@H]5C[C@H]6C[C@H]6N5C(=O)[C@@H](NC(=O)OC)C(C)C)[nH]4)ccc3-2)[nH]1)C(C)C. The van der Waals surface area contributed by atoms with Crippen LogP contribution in [0.25, 0.3) is 44.7 Å². The summed E-state index contributed by atoms with van der Waals surface area (Å²) in [5.74, 6) is 2.92. The standard InChI is InChI=1S/C53H57N9O7S/c1-25(2)45(58-52(65)67-5)49(63)60-36-14-11-30(36)18-40(60)47-54-23-34(56-47)28-10-13-37-31(17-28)20-39-33-12-9-29(22-42(33)69-51(62(37)39)44-16-15-43(70-44)27-7-8-27)35-24-55-48(57-35)41-21-32-19-38(32)61(41)50(64)46(26(3)4)59-53(66)68-6/h9-17,20,22-27,30,32,36,38,40-41,45-46,51H,7-8,18-19,21H2,1-6H3,(H,54,56)(H,55,57)(H,58,65)(H,59,66)/t30-,32-,36-,38-,40+,41+,45+,46+,51?/m1/s1. The minimum Gasteiger partial charge on any atom is -0.464 e. The number of H-pyrrole nitrogens is 2. The molecule has 17 heteroatoms. The van der Waals surface area contributed by atoms with Crippen molar-refractivity contribution in [2.75, 3.05) is 14.2 Å². The molecule has 9 atom stereocenters. The second-order valence-electron chi connectivity index (χ2n) is 20.5. The number of methoxy groups -OCH3 is 2. The fourth-order valence-electron chi connectivity index (χ4n) is 11.4. The third-order valence-corrected chi connectivity index (χ3v) is 16.7.